The van der Waals surface area contributed by atoms with Crippen LogP contribution in [0.5, 0.6) is 0 Å². The normalized spacial score (nSPS) is 19.7. The van der Waals surface area contributed by atoms with E-state index in [1.165, 1.54) is 11.8 Å². The first-order valence-corrected chi connectivity index (χ1v) is 10.9. The van der Waals surface area contributed by atoms with Crippen molar-refractivity contribution in [3.05, 3.63) is 30.5 Å². The Morgan fingerprint density at radius 2 is 2.12 bits per heavy atom. The third-order valence-electron chi connectivity index (χ3n) is 4.52. The fraction of sp³-hybridized carbons (Fsp3) is 0.471. The smallest absolute Gasteiger partial charge is 0.233 e. The number of hydrogen-bond acceptors (Lipinski definition) is 4. The number of carbonyl (C=O) groups excluding carboxylic acids is 1. The zero-order chi connectivity index (χ0) is 17.3. The molecule has 0 spiro atoms. The zero-order valence-electron chi connectivity index (χ0n) is 13.9. The fourth-order valence-corrected chi connectivity index (χ4v) is 6.04. The number of aromatic nitrogens is 1. The molecule has 0 saturated carbocycles. The maximum atomic E-state index is 12.6. The monoisotopic (exact) mass is 366 g/mol. The van der Waals surface area contributed by atoms with E-state index in [0.29, 0.717) is 18.7 Å². The summed E-state index contributed by atoms with van der Waals surface area (Å²) >= 11 is 1.52. The van der Waals surface area contributed by atoms with E-state index in [4.69, 9.17) is 0 Å². The molecule has 1 aromatic carbocycles. The van der Waals surface area contributed by atoms with Gasteiger partial charge in [-0.3, -0.25) is 4.79 Å². The molecule has 1 amide bonds. The highest BCUT2D eigenvalue weighted by atomic mass is 32.2. The van der Waals surface area contributed by atoms with Crippen molar-refractivity contribution in [1.82, 2.24) is 9.47 Å². The summed E-state index contributed by atoms with van der Waals surface area (Å²) in [4.78, 5) is 15.4. The van der Waals surface area contributed by atoms with Crippen LogP contribution in [0.25, 0.3) is 10.9 Å². The minimum Gasteiger partial charge on any atom is -0.349 e. The summed E-state index contributed by atoms with van der Waals surface area (Å²) in [6.07, 6.45) is 2.60. The molecule has 3 rings (SSSR count). The van der Waals surface area contributed by atoms with Crippen LogP contribution in [-0.4, -0.2) is 53.6 Å². The molecule has 0 aliphatic carbocycles. The molecule has 0 radical (unpaired) electrons. The molecule has 1 aliphatic heterocycles. The number of fused-ring (bicyclic) bond motifs is 1. The van der Waals surface area contributed by atoms with Gasteiger partial charge < -0.3 is 9.47 Å². The molecule has 7 heteroatoms. The number of nitrogens with zero attached hydrogens (tertiary/aromatic N) is 2. The number of amides is 1. The lowest BCUT2D eigenvalue weighted by Crippen LogP contribution is -2.41. The van der Waals surface area contributed by atoms with Crippen LogP contribution in [0.4, 0.5) is 0 Å². The van der Waals surface area contributed by atoms with Crippen molar-refractivity contribution >= 4 is 38.4 Å². The average Bonchev–Trinajstić information content (AvgIpc) is 3.07. The number of rotatable bonds is 5. The van der Waals surface area contributed by atoms with Gasteiger partial charge in [0.25, 0.3) is 0 Å². The van der Waals surface area contributed by atoms with Gasteiger partial charge in [-0.1, -0.05) is 18.2 Å². The second-order valence-corrected chi connectivity index (χ2v) is 9.39. The molecule has 2 heterocycles. The SMILES string of the molecule is CCN(C(=O)CSc1cn(C)c2ccccc12)[C@H]1CCS(=O)(=O)C1. The Labute approximate surface area is 146 Å². The van der Waals surface area contributed by atoms with E-state index in [-0.39, 0.29) is 23.5 Å². The van der Waals surface area contributed by atoms with Gasteiger partial charge >= 0.3 is 0 Å². The highest BCUT2D eigenvalue weighted by molar-refractivity contribution is 8.00. The minimum atomic E-state index is -2.98. The summed E-state index contributed by atoms with van der Waals surface area (Å²) < 4.78 is 25.4. The second kappa shape index (κ2) is 6.80. The van der Waals surface area contributed by atoms with Gasteiger partial charge in [-0.2, -0.15) is 0 Å². The molecule has 1 fully saturated rings. The largest absolute Gasteiger partial charge is 0.349 e. The van der Waals surface area contributed by atoms with Crippen molar-refractivity contribution in [2.75, 3.05) is 23.8 Å². The summed E-state index contributed by atoms with van der Waals surface area (Å²) in [7, 11) is -0.985. The van der Waals surface area contributed by atoms with Crippen LogP contribution in [0.15, 0.2) is 35.4 Å². The number of para-hydroxylation sites is 1. The number of hydrogen-bond donors (Lipinski definition) is 0. The molecule has 2 aromatic rings. The number of thioether (sulfide) groups is 1. The third-order valence-corrected chi connectivity index (χ3v) is 7.30. The van der Waals surface area contributed by atoms with Crippen LogP contribution >= 0.6 is 11.8 Å². The Bertz CT molecular complexity index is 858. The molecule has 5 nitrogen and oxygen atoms in total. The lowest BCUT2D eigenvalue weighted by molar-refractivity contribution is -0.129. The van der Waals surface area contributed by atoms with E-state index < -0.39 is 9.84 Å². The molecule has 1 saturated heterocycles. The molecule has 24 heavy (non-hydrogen) atoms. The first kappa shape index (κ1) is 17.4. The molecule has 1 aliphatic rings. The van der Waals surface area contributed by atoms with Crippen molar-refractivity contribution < 1.29 is 13.2 Å². The van der Waals surface area contributed by atoms with Gasteiger partial charge in [0.1, 0.15) is 0 Å². The van der Waals surface area contributed by atoms with Gasteiger partial charge in [0, 0.05) is 41.6 Å². The van der Waals surface area contributed by atoms with Gasteiger partial charge in [0.2, 0.25) is 5.91 Å². The zero-order valence-corrected chi connectivity index (χ0v) is 15.6. The van der Waals surface area contributed by atoms with E-state index >= 15 is 0 Å². The number of sulfone groups is 1. The summed E-state index contributed by atoms with van der Waals surface area (Å²) in [6.45, 7) is 2.46. The highest BCUT2D eigenvalue weighted by Gasteiger charge is 2.33. The first-order valence-electron chi connectivity index (χ1n) is 8.08. The number of carbonyl (C=O) groups is 1. The van der Waals surface area contributed by atoms with Crippen LogP contribution in [0, 0.1) is 0 Å². The maximum Gasteiger partial charge on any atom is 0.233 e. The average molecular weight is 367 g/mol. The molecule has 0 bridgehead atoms. The minimum absolute atomic E-state index is 0.0116. The van der Waals surface area contributed by atoms with Crippen LogP contribution in [0.2, 0.25) is 0 Å². The van der Waals surface area contributed by atoms with Gasteiger partial charge in [0.15, 0.2) is 9.84 Å². The second-order valence-electron chi connectivity index (χ2n) is 6.15. The summed E-state index contributed by atoms with van der Waals surface area (Å²) in [6, 6.07) is 7.95. The van der Waals surface area contributed by atoms with E-state index in [2.05, 4.69) is 16.7 Å². The van der Waals surface area contributed by atoms with Crippen molar-refractivity contribution in [3.8, 4) is 0 Å². The Kier molecular flexibility index (Phi) is 4.92. The van der Waals surface area contributed by atoms with E-state index in [0.717, 1.165) is 15.8 Å². The molecule has 1 atom stereocenters. The molecular weight excluding hydrogens is 344 g/mol. The predicted molar refractivity (Wildman–Crippen MR) is 98.1 cm³/mol. The summed E-state index contributed by atoms with van der Waals surface area (Å²) in [5.74, 6) is 0.638. The van der Waals surface area contributed by atoms with E-state index in [9.17, 15) is 13.2 Å². The molecule has 1 aromatic heterocycles. The van der Waals surface area contributed by atoms with Crippen molar-refractivity contribution in [1.29, 1.82) is 0 Å². The topological polar surface area (TPSA) is 59.4 Å². The van der Waals surface area contributed by atoms with Crippen LogP contribution in [-0.2, 0) is 21.7 Å². The van der Waals surface area contributed by atoms with Gasteiger partial charge in [-0.25, -0.2) is 8.42 Å². The molecule has 130 valence electrons. The van der Waals surface area contributed by atoms with Crippen molar-refractivity contribution in [2.45, 2.75) is 24.3 Å². The van der Waals surface area contributed by atoms with E-state index in [1.807, 2.05) is 32.3 Å². The quantitative estimate of drug-likeness (QED) is 0.762. The Morgan fingerprint density at radius 1 is 1.38 bits per heavy atom. The first-order chi connectivity index (χ1) is 11.4. The van der Waals surface area contributed by atoms with Crippen LogP contribution in [0.3, 0.4) is 0 Å². The summed E-state index contributed by atoms with van der Waals surface area (Å²) in [5, 5.41) is 1.14. The molecule has 0 N–H and O–H groups in total. The lowest BCUT2D eigenvalue weighted by Gasteiger charge is -2.26. The Balaban J connectivity index is 1.70. The molecule has 0 unspecified atom stereocenters. The van der Waals surface area contributed by atoms with Gasteiger partial charge in [-0.05, 0) is 19.4 Å². The number of aryl methyl sites for hydroxylation is 1. The lowest BCUT2D eigenvalue weighted by atomic mass is 10.2. The highest BCUT2D eigenvalue weighted by Crippen LogP contribution is 2.30. The standard InChI is InChI=1S/C17H22N2O3S2/c1-3-19(13-8-9-24(21,22)12-13)17(20)11-23-16-10-18(2)15-7-5-4-6-14(15)16/h4-7,10,13H,3,8-9,11-12H2,1-2H3/t13-/m0/s1. The summed E-state index contributed by atoms with van der Waals surface area (Å²) in [5.41, 5.74) is 1.14. The molecular formula is C17H22N2O3S2. The maximum absolute atomic E-state index is 12.6. The van der Waals surface area contributed by atoms with Crippen molar-refractivity contribution in [3.63, 3.8) is 0 Å². The third kappa shape index (κ3) is 3.47. The van der Waals surface area contributed by atoms with Crippen LogP contribution in [0.1, 0.15) is 13.3 Å². The van der Waals surface area contributed by atoms with Gasteiger partial charge in [-0.15, -0.1) is 11.8 Å². The van der Waals surface area contributed by atoms with Crippen molar-refractivity contribution in [2.24, 2.45) is 7.05 Å². The van der Waals surface area contributed by atoms with Gasteiger partial charge in [0.05, 0.1) is 17.3 Å². The van der Waals surface area contributed by atoms with Crippen LogP contribution < -0.4 is 0 Å². The Hall–Kier alpha value is -1.47. The fourth-order valence-electron chi connectivity index (χ4n) is 3.30. The number of benzene rings is 1. The predicted octanol–water partition coefficient (Wildman–Crippen LogP) is 2.31. The van der Waals surface area contributed by atoms with E-state index in [1.54, 1.807) is 4.90 Å². The Morgan fingerprint density at radius 3 is 2.79 bits per heavy atom.